The van der Waals surface area contributed by atoms with E-state index in [1.807, 2.05) is 0 Å². The number of esters is 1. The molecule has 1 aromatic carbocycles. The number of ether oxygens (including phenoxy) is 1. The van der Waals surface area contributed by atoms with Crippen LogP contribution in [0.1, 0.15) is 48.9 Å². The van der Waals surface area contributed by atoms with Crippen LogP contribution in [0.15, 0.2) is 18.2 Å². The van der Waals surface area contributed by atoms with Gasteiger partial charge in [0.15, 0.2) is 0 Å². The monoisotopic (exact) mass is 281 g/mol. The maximum absolute atomic E-state index is 13.6. The van der Waals surface area contributed by atoms with Crippen molar-refractivity contribution in [3.63, 3.8) is 0 Å². The van der Waals surface area contributed by atoms with Gasteiger partial charge in [-0.2, -0.15) is 0 Å². The largest absolute Gasteiger partial charge is 0.459 e. The Kier molecular flexibility index (Phi) is 4.65. The molecule has 1 aliphatic rings. The van der Waals surface area contributed by atoms with Crippen molar-refractivity contribution in [1.82, 2.24) is 0 Å². The molecule has 0 aromatic heterocycles. The molecule has 0 bridgehead atoms. The number of nitrogens with zero attached hydrogens (tertiary/aromatic N) is 1. The van der Waals surface area contributed by atoms with Crippen molar-refractivity contribution in [2.45, 2.75) is 44.6 Å². The molecule has 0 saturated heterocycles. The number of halogens is 1. The van der Waals surface area contributed by atoms with Gasteiger partial charge < -0.3 is 4.74 Å². The van der Waals surface area contributed by atoms with Gasteiger partial charge in [0, 0.05) is 12.1 Å². The minimum absolute atomic E-state index is 0.219. The lowest BCUT2D eigenvalue weighted by Crippen LogP contribution is -2.18. The Balaban J connectivity index is 2.11. The van der Waals surface area contributed by atoms with E-state index in [1.165, 1.54) is 0 Å². The zero-order valence-corrected chi connectivity index (χ0v) is 11.0. The lowest BCUT2D eigenvalue weighted by molar-refractivity contribution is -0.384. The van der Waals surface area contributed by atoms with Crippen molar-refractivity contribution >= 4 is 11.7 Å². The van der Waals surface area contributed by atoms with Crippen molar-refractivity contribution in [2.24, 2.45) is 0 Å². The van der Waals surface area contributed by atoms with Gasteiger partial charge in [0.2, 0.25) is 0 Å². The molecule has 0 radical (unpaired) electrons. The maximum atomic E-state index is 13.6. The molecule has 6 heteroatoms. The molecule has 0 heterocycles. The van der Waals surface area contributed by atoms with Gasteiger partial charge in [-0.3, -0.25) is 10.1 Å². The summed E-state index contributed by atoms with van der Waals surface area (Å²) in [6, 6.07) is 2.87. The van der Waals surface area contributed by atoms with E-state index in [2.05, 4.69) is 0 Å². The number of carbonyl (C=O) groups excluding carboxylic acids is 1. The van der Waals surface area contributed by atoms with Crippen molar-refractivity contribution < 1.29 is 18.8 Å². The Morgan fingerprint density at radius 2 is 1.90 bits per heavy atom. The van der Waals surface area contributed by atoms with Gasteiger partial charge in [0.1, 0.15) is 17.5 Å². The molecule has 0 aliphatic heterocycles. The van der Waals surface area contributed by atoms with Crippen molar-refractivity contribution in [1.29, 1.82) is 0 Å². The minimum Gasteiger partial charge on any atom is -0.459 e. The van der Waals surface area contributed by atoms with Gasteiger partial charge in [0.25, 0.3) is 5.69 Å². The van der Waals surface area contributed by atoms with Crippen LogP contribution in [0.25, 0.3) is 0 Å². The molecule has 5 nitrogen and oxygen atoms in total. The summed E-state index contributed by atoms with van der Waals surface area (Å²) in [4.78, 5) is 21.9. The smallest absolute Gasteiger partial charge is 0.341 e. The van der Waals surface area contributed by atoms with E-state index in [9.17, 15) is 19.3 Å². The summed E-state index contributed by atoms with van der Waals surface area (Å²) in [5.74, 6) is -1.62. The third-order valence-corrected chi connectivity index (χ3v) is 3.46. The van der Waals surface area contributed by atoms with E-state index in [0.717, 1.165) is 56.7 Å². The second-order valence-corrected chi connectivity index (χ2v) is 4.94. The lowest BCUT2D eigenvalue weighted by Gasteiger charge is -2.15. The summed E-state index contributed by atoms with van der Waals surface area (Å²) in [6.45, 7) is 0. The van der Waals surface area contributed by atoms with Crippen LogP contribution in [0.4, 0.5) is 10.1 Å². The van der Waals surface area contributed by atoms with Crippen LogP contribution < -0.4 is 0 Å². The number of benzene rings is 1. The zero-order chi connectivity index (χ0) is 14.5. The first-order valence-corrected chi connectivity index (χ1v) is 6.73. The topological polar surface area (TPSA) is 69.4 Å². The average Bonchev–Trinajstić information content (AvgIpc) is 2.67. The van der Waals surface area contributed by atoms with E-state index >= 15 is 0 Å². The fourth-order valence-electron chi connectivity index (χ4n) is 2.36. The Morgan fingerprint density at radius 1 is 1.25 bits per heavy atom. The third-order valence-electron chi connectivity index (χ3n) is 3.46. The van der Waals surface area contributed by atoms with E-state index in [0.29, 0.717) is 0 Å². The number of hydrogen-bond acceptors (Lipinski definition) is 4. The highest BCUT2D eigenvalue weighted by Gasteiger charge is 2.22. The molecule has 0 amide bonds. The van der Waals surface area contributed by atoms with Crippen LogP contribution in [-0.4, -0.2) is 17.0 Å². The predicted molar refractivity (Wildman–Crippen MR) is 70.0 cm³/mol. The molecule has 20 heavy (non-hydrogen) atoms. The van der Waals surface area contributed by atoms with E-state index < -0.39 is 16.7 Å². The third kappa shape index (κ3) is 3.53. The van der Waals surface area contributed by atoms with Crippen LogP contribution in [0.2, 0.25) is 0 Å². The SMILES string of the molecule is O=C(OC1CCCCCC1)c1cc([N+](=O)[O-])ccc1F. The summed E-state index contributed by atoms with van der Waals surface area (Å²) in [6.07, 6.45) is 5.50. The van der Waals surface area contributed by atoms with E-state index in [1.54, 1.807) is 0 Å². The summed E-state index contributed by atoms with van der Waals surface area (Å²) in [5.41, 5.74) is -0.692. The highest BCUT2D eigenvalue weighted by Crippen LogP contribution is 2.23. The number of non-ortho nitro benzene ring substituents is 1. The van der Waals surface area contributed by atoms with Gasteiger partial charge in [0.05, 0.1) is 4.92 Å². The summed E-state index contributed by atoms with van der Waals surface area (Å²) in [5, 5.41) is 10.7. The maximum Gasteiger partial charge on any atom is 0.341 e. The Hall–Kier alpha value is -1.98. The molecule has 2 rings (SSSR count). The Labute approximate surface area is 115 Å². The minimum atomic E-state index is -0.821. The normalized spacial score (nSPS) is 16.4. The highest BCUT2D eigenvalue weighted by molar-refractivity contribution is 5.90. The summed E-state index contributed by atoms with van der Waals surface area (Å²) in [7, 11) is 0. The van der Waals surface area contributed by atoms with Crippen LogP contribution in [0.3, 0.4) is 0 Å². The molecule has 1 aliphatic carbocycles. The van der Waals surface area contributed by atoms with Crippen LogP contribution in [0, 0.1) is 15.9 Å². The van der Waals surface area contributed by atoms with Crippen molar-refractivity contribution in [2.75, 3.05) is 0 Å². The number of hydrogen-bond donors (Lipinski definition) is 0. The fourth-order valence-corrected chi connectivity index (χ4v) is 2.36. The van der Waals surface area contributed by atoms with Crippen LogP contribution >= 0.6 is 0 Å². The Bertz CT molecular complexity index is 510. The van der Waals surface area contributed by atoms with Crippen LogP contribution in [-0.2, 0) is 4.74 Å². The van der Waals surface area contributed by atoms with E-state index in [4.69, 9.17) is 4.74 Å². The van der Waals surface area contributed by atoms with Crippen molar-refractivity contribution in [3.05, 3.63) is 39.7 Å². The zero-order valence-electron chi connectivity index (χ0n) is 11.0. The molecular formula is C14H16FNO4. The molecule has 1 fully saturated rings. The number of carbonyl (C=O) groups is 1. The second kappa shape index (κ2) is 6.45. The van der Waals surface area contributed by atoms with Gasteiger partial charge in [-0.15, -0.1) is 0 Å². The van der Waals surface area contributed by atoms with Gasteiger partial charge in [-0.1, -0.05) is 12.8 Å². The lowest BCUT2D eigenvalue weighted by atomic mass is 10.1. The van der Waals surface area contributed by atoms with Gasteiger partial charge >= 0.3 is 5.97 Å². The molecule has 1 saturated carbocycles. The molecule has 1 aromatic rings. The highest BCUT2D eigenvalue weighted by atomic mass is 19.1. The van der Waals surface area contributed by atoms with Crippen LogP contribution in [0.5, 0.6) is 0 Å². The van der Waals surface area contributed by atoms with Gasteiger partial charge in [-0.05, 0) is 31.7 Å². The summed E-state index contributed by atoms with van der Waals surface area (Å²) >= 11 is 0. The molecule has 0 atom stereocenters. The molecule has 108 valence electrons. The molecular weight excluding hydrogens is 265 g/mol. The number of nitro benzene ring substituents is 1. The quantitative estimate of drug-likeness (QED) is 0.367. The van der Waals surface area contributed by atoms with Gasteiger partial charge in [-0.25, -0.2) is 9.18 Å². The summed E-state index contributed by atoms with van der Waals surface area (Å²) < 4.78 is 18.9. The Morgan fingerprint density at radius 3 is 2.50 bits per heavy atom. The first kappa shape index (κ1) is 14.4. The standard InChI is InChI=1S/C14H16FNO4/c15-13-8-7-10(16(18)19)9-12(13)14(17)20-11-5-3-1-2-4-6-11/h7-9,11H,1-6H2. The molecule has 0 N–H and O–H groups in total. The fraction of sp³-hybridized carbons (Fsp3) is 0.500. The average molecular weight is 281 g/mol. The number of rotatable bonds is 3. The molecule has 0 spiro atoms. The second-order valence-electron chi connectivity index (χ2n) is 4.94. The van der Waals surface area contributed by atoms with Crippen molar-refractivity contribution in [3.8, 4) is 0 Å². The van der Waals surface area contributed by atoms with E-state index in [-0.39, 0.29) is 17.4 Å². The predicted octanol–water partition coefficient (Wildman–Crippen LogP) is 3.61. The number of nitro groups is 1. The first-order valence-electron chi connectivity index (χ1n) is 6.73. The molecule has 0 unspecified atom stereocenters. The first-order chi connectivity index (χ1) is 9.58.